The first kappa shape index (κ1) is 12.7. The van der Waals surface area contributed by atoms with Crippen LogP contribution in [0.3, 0.4) is 0 Å². The highest BCUT2D eigenvalue weighted by molar-refractivity contribution is 7.90. The van der Waals surface area contributed by atoms with Crippen LogP contribution in [0.25, 0.3) is 0 Å². The summed E-state index contributed by atoms with van der Waals surface area (Å²) in [6, 6.07) is 0. The van der Waals surface area contributed by atoms with E-state index in [9.17, 15) is 13.2 Å². The summed E-state index contributed by atoms with van der Waals surface area (Å²) in [5, 5.41) is -1.24. The summed E-state index contributed by atoms with van der Waals surface area (Å²) in [7, 11) is -2.58. The third kappa shape index (κ3) is 3.04. The highest BCUT2D eigenvalue weighted by atomic mass is 32.2. The number of methoxy groups -OCH3 is 1. The van der Waals surface area contributed by atoms with Gasteiger partial charge in [-0.15, -0.1) is 0 Å². The van der Waals surface area contributed by atoms with Gasteiger partial charge in [-0.3, -0.25) is 4.79 Å². The lowest BCUT2D eigenvalue weighted by Crippen LogP contribution is -2.37. The van der Waals surface area contributed by atoms with Gasteiger partial charge in [-0.2, -0.15) is 0 Å². The van der Waals surface area contributed by atoms with Crippen molar-refractivity contribution in [1.82, 2.24) is 14.7 Å². The molecule has 0 aliphatic carbocycles. The van der Waals surface area contributed by atoms with Crippen molar-refractivity contribution in [3.63, 3.8) is 0 Å². The fraction of sp³-hybridized carbons (Fsp3) is 0.500. The molecular formula is C8H13N3O4S. The van der Waals surface area contributed by atoms with Gasteiger partial charge in [-0.05, 0) is 6.92 Å². The topological polar surface area (TPSA) is 101 Å². The van der Waals surface area contributed by atoms with Gasteiger partial charge in [0.25, 0.3) is 0 Å². The number of carbonyl (C=O) groups is 1. The minimum absolute atomic E-state index is 0.0592. The second kappa shape index (κ2) is 5.08. The highest BCUT2D eigenvalue weighted by Gasteiger charge is 2.28. The number of ether oxygens (including phenoxy) is 1. The zero-order valence-corrected chi connectivity index (χ0v) is 9.74. The Labute approximate surface area is 93.3 Å². The molecule has 0 bridgehead atoms. The largest absolute Gasteiger partial charge is 0.468 e. The highest BCUT2D eigenvalue weighted by Crippen LogP contribution is 2.02. The van der Waals surface area contributed by atoms with Gasteiger partial charge < -0.3 is 9.72 Å². The van der Waals surface area contributed by atoms with Crippen molar-refractivity contribution in [3.8, 4) is 0 Å². The lowest BCUT2D eigenvalue weighted by atomic mass is 10.5. The number of carbonyl (C=O) groups excluding carboxylic acids is 1. The van der Waals surface area contributed by atoms with E-state index in [0.29, 0.717) is 5.69 Å². The van der Waals surface area contributed by atoms with Crippen molar-refractivity contribution >= 4 is 16.0 Å². The molecule has 0 saturated carbocycles. The Bertz CT molecular complexity index is 440. The molecule has 0 radical (unpaired) electrons. The molecule has 1 rings (SSSR count). The molecule has 2 N–H and O–H groups in total. The SMILES string of the molecule is COC(=O)C(C)S(=O)(=O)NCc1cnc[nH]1. The van der Waals surface area contributed by atoms with Crippen LogP contribution in [0, 0.1) is 0 Å². The summed E-state index contributed by atoms with van der Waals surface area (Å²) < 4.78 is 29.8. The second-order valence-corrected chi connectivity index (χ2v) is 5.19. The Balaban J connectivity index is 2.62. The van der Waals surface area contributed by atoms with Crippen LogP contribution >= 0.6 is 0 Å². The van der Waals surface area contributed by atoms with E-state index in [1.807, 2.05) is 0 Å². The summed E-state index contributed by atoms with van der Waals surface area (Å²) in [4.78, 5) is 17.5. The molecule has 1 unspecified atom stereocenters. The van der Waals surface area contributed by atoms with E-state index in [2.05, 4.69) is 19.4 Å². The third-order valence-corrected chi connectivity index (χ3v) is 3.69. The molecule has 0 aromatic carbocycles. The number of hydrogen-bond donors (Lipinski definition) is 2. The number of nitrogens with one attached hydrogen (secondary N) is 2. The first-order chi connectivity index (χ1) is 7.47. The van der Waals surface area contributed by atoms with E-state index in [4.69, 9.17) is 0 Å². The summed E-state index contributed by atoms with van der Waals surface area (Å²) in [6.45, 7) is 1.32. The molecule has 1 atom stereocenters. The van der Waals surface area contributed by atoms with Gasteiger partial charge in [0.2, 0.25) is 10.0 Å². The molecule has 8 heteroatoms. The average Bonchev–Trinajstić information content (AvgIpc) is 2.77. The van der Waals surface area contributed by atoms with Crippen molar-refractivity contribution in [2.75, 3.05) is 7.11 Å². The maximum atomic E-state index is 11.6. The lowest BCUT2D eigenvalue weighted by Gasteiger charge is -2.10. The molecule has 0 amide bonds. The molecule has 1 aromatic heterocycles. The van der Waals surface area contributed by atoms with Crippen LogP contribution in [-0.2, 0) is 26.1 Å². The maximum Gasteiger partial charge on any atom is 0.325 e. The van der Waals surface area contributed by atoms with Crippen LogP contribution in [-0.4, -0.2) is 36.7 Å². The van der Waals surface area contributed by atoms with Crippen molar-refractivity contribution in [2.45, 2.75) is 18.7 Å². The van der Waals surface area contributed by atoms with Crippen molar-refractivity contribution in [2.24, 2.45) is 0 Å². The number of imidazole rings is 1. The van der Waals surface area contributed by atoms with Gasteiger partial charge in [0.15, 0.2) is 5.25 Å². The standard InChI is InChI=1S/C8H13N3O4S/c1-6(8(12)15-2)16(13,14)11-4-7-3-9-5-10-7/h3,5-6,11H,4H2,1-2H3,(H,9,10). The first-order valence-electron chi connectivity index (χ1n) is 4.51. The number of aromatic nitrogens is 2. The molecular weight excluding hydrogens is 234 g/mol. The average molecular weight is 247 g/mol. The fourth-order valence-corrected chi connectivity index (χ4v) is 1.93. The number of H-pyrrole nitrogens is 1. The number of aromatic amines is 1. The van der Waals surface area contributed by atoms with Gasteiger partial charge in [0.05, 0.1) is 20.0 Å². The molecule has 90 valence electrons. The predicted molar refractivity (Wildman–Crippen MR) is 55.8 cm³/mol. The maximum absolute atomic E-state index is 11.6. The van der Waals surface area contributed by atoms with Crippen LogP contribution < -0.4 is 4.72 Å². The third-order valence-electron chi connectivity index (χ3n) is 2.02. The van der Waals surface area contributed by atoms with Gasteiger partial charge >= 0.3 is 5.97 Å². The summed E-state index contributed by atoms with van der Waals surface area (Å²) in [6.07, 6.45) is 2.93. The zero-order valence-electron chi connectivity index (χ0n) is 8.93. The smallest absolute Gasteiger partial charge is 0.325 e. The van der Waals surface area contributed by atoms with Crippen molar-refractivity contribution in [3.05, 3.63) is 18.2 Å². The normalized spacial score (nSPS) is 13.4. The molecule has 0 fully saturated rings. The van der Waals surface area contributed by atoms with E-state index >= 15 is 0 Å². The predicted octanol–water partition coefficient (Wildman–Crippen LogP) is -0.609. The fourth-order valence-electron chi connectivity index (χ4n) is 0.977. The van der Waals surface area contributed by atoms with Crippen molar-refractivity contribution in [1.29, 1.82) is 0 Å². The summed E-state index contributed by atoms with van der Waals surface area (Å²) in [5.41, 5.74) is 0.612. The Hall–Kier alpha value is -1.41. The Morgan fingerprint density at radius 1 is 1.69 bits per heavy atom. The van der Waals surface area contributed by atoms with E-state index in [1.54, 1.807) is 0 Å². The second-order valence-electron chi connectivity index (χ2n) is 3.11. The number of esters is 1. The van der Waals surface area contributed by atoms with Gasteiger partial charge in [0, 0.05) is 11.9 Å². The minimum Gasteiger partial charge on any atom is -0.468 e. The number of nitrogens with zero attached hydrogens (tertiary/aromatic N) is 1. The molecule has 0 aliphatic heterocycles. The minimum atomic E-state index is -3.72. The van der Waals surface area contributed by atoms with Crippen LogP contribution in [0.1, 0.15) is 12.6 Å². The molecule has 1 aromatic rings. The molecule has 1 heterocycles. The van der Waals surface area contributed by atoms with Gasteiger partial charge in [-0.25, -0.2) is 18.1 Å². The van der Waals surface area contributed by atoms with Crippen LogP contribution in [0.15, 0.2) is 12.5 Å². The van der Waals surface area contributed by atoms with E-state index in [1.165, 1.54) is 19.4 Å². The summed E-state index contributed by atoms with van der Waals surface area (Å²) in [5.74, 6) is -0.794. The first-order valence-corrected chi connectivity index (χ1v) is 6.05. The summed E-state index contributed by atoms with van der Waals surface area (Å²) >= 11 is 0. The van der Waals surface area contributed by atoms with E-state index < -0.39 is 21.2 Å². The van der Waals surface area contributed by atoms with Crippen LogP contribution in [0.5, 0.6) is 0 Å². The Morgan fingerprint density at radius 2 is 2.38 bits per heavy atom. The van der Waals surface area contributed by atoms with Crippen molar-refractivity contribution < 1.29 is 17.9 Å². The monoisotopic (exact) mass is 247 g/mol. The number of hydrogen-bond acceptors (Lipinski definition) is 5. The molecule has 7 nitrogen and oxygen atoms in total. The van der Waals surface area contributed by atoms with E-state index in [0.717, 1.165) is 7.11 Å². The zero-order chi connectivity index (χ0) is 12.2. The Morgan fingerprint density at radius 3 is 2.88 bits per heavy atom. The number of sulfonamides is 1. The lowest BCUT2D eigenvalue weighted by molar-refractivity contribution is -0.139. The molecule has 0 saturated heterocycles. The van der Waals surface area contributed by atoms with Gasteiger partial charge in [-0.1, -0.05) is 0 Å². The molecule has 16 heavy (non-hydrogen) atoms. The van der Waals surface area contributed by atoms with Gasteiger partial charge in [0.1, 0.15) is 0 Å². The van der Waals surface area contributed by atoms with E-state index in [-0.39, 0.29) is 6.54 Å². The number of rotatable bonds is 5. The van der Waals surface area contributed by atoms with Crippen LogP contribution in [0.2, 0.25) is 0 Å². The molecule has 0 aliphatic rings. The quantitative estimate of drug-likeness (QED) is 0.676. The van der Waals surface area contributed by atoms with Crippen LogP contribution in [0.4, 0.5) is 0 Å². The Kier molecular flexibility index (Phi) is 4.02. The molecule has 0 spiro atoms.